The van der Waals surface area contributed by atoms with E-state index in [1.807, 2.05) is 0 Å². The molecule has 0 aliphatic heterocycles. The van der Waals surface area contributed by atoms with Crippen LogP contribution in [0, 0.1) is 5.92 Å². The lowest BCUT2D eigenvalue weighted by Gasteiger charge is -2.39. The van der Waals surface area contributed by atoms with Gasteiger partial charge in [-0.15, -0.1) is 0 Å². The first-order valence-corrected chi connectivity index (χ1v) is 7.27. The molecule has 0 aromatic carbocycles. The number of nitrogens with zero attached hydrogens (tertiary/aromatic N) is 2. The van der Waals surface area contributed by atoms with Crippen molar-refractivity contribution < 1.29 is 0 Å². The van der Waals surface area contributed by atoms with Gasteiger partial charge in [0, 0.05) is 6.04 Å². The molecular weight excluding hydrogens is 210 g/mol. The van der Waals surface area contributed by atoms with Crippen molar-refractivity contribution in [3.05, 3.63) is 0 Å². The van der Waals surface area contributed by atoms with Gasteiger partial charge in [-0.3, -0.25) is 0 Å². The fraction of sp³-hybridized carbons (Fsp3) is 1.00. The van der Waals surface area contributed by atoms with Gasteiger partial charge in [-0.25, -0.2) is 0 Å². The minimum atomic E-state index is 0.739. The summed E-state index contributed by atoms with van der Waals surface area (Å²) < 4.78 is 0. The molecule has 2 N–H and O–H groups in total. The summed E-state index contributed by atoms with van der Waals surface area (Å²) in [6.45, 7) is 6.76. The molecule has 1 rings (SSSR count). The maximum atomic E-state index is 5.93. The summed E-state index contributed by atoms with van der Waals surface area (Å²) in [5.74, 6) is 0.739. The first-order chi connectivity index (χ1) is 8.19. The molecule has 0 amide bonds. The summed E-state index contributed by atoms with van der Waals surface area (Å²) in [5.41, 5.74) is 5.93. The van der Waals surface area contributed by atoms with Gasteiger partial charge < -0.3 is 15.5 Å². The third kappa shape index (κ3) is 4.94. The smallest absolute Gasteiger partial charge is 0.0135 e. The van der Waals surface area contributed by atoms with Gasteiger partial charge in [0.25, 0.3) is 0 Å². The second-order valence-corrected chi connectivity index (χ2v) is 5.63. The predicted octanol–water partition coefficient (Wildman–Crippen LogP) is 1.78. The highest BCUT2D eigenvalue weighted by Crippen LogP contribution is 2.27. The maximum Gasteiger partial charge on any atom is 0.0135 e. The first kappa shape index (κ1) is 14.9. The van der Waals surface area contributed by atoms with Crippen LogP contribution in [0.15, 0.2) is 0 Å². The van der Waals surface area contributed by atoms with E-state index in [4.69, 9.17) is 5.73 Å². The van der Waals surface area contributed by atoms with Crippen molar-refractivity contribution in [3.63, 3.8) is 0 Å². The summed E-state index contributed by atoms with van der Waals surface area (Å²) >= 11 is 0. The van der Waals surface area contributed by atoms with E-state index >= 15 is 0 Å². The Morgan fingerprint density at radius 1 is 1.12 bits per heavy atom. The molecule has 1 aliphatic rings. The topological polar surface area (TPSA) is 32.5 Å². The van der Waals surface area contributed by atoms with Crippen molar-refractivity contribution in [2.45, 2.75) is 45.1 Å². The molecule has 0 aromatic heterocycles. The molecule has 0 bridgehead atoms. The van der Waals surface area contributed by atoms with Crippen LogP contribution >= 0.6 is 0 Å². The maximum absolute atomic E-state index is 5.93. The van der Waals surface area contributed by atoms with E-state index < -0.39 is 0 Å². The van der Waals surface area contributed by atoms with E-state index in [0.717, 1.165) is 18.5 Å². The SMILES string of the molecule is CCN(CCCN(C)C)C1CCCCC1CN. The molecule has 0 radical (unpaired) electrons. The third-order valence-electron chi connectivity index (χ3n) is 4.10. The zero-order chi connectivity index (χ0) is 12.7. The van der Waals surface area contributed by atoms with Crippen LogP contribution in [0.1, 0.15) is 39.0 Å². The predicted molar refractivity (Wildman–Crippen MR) is 75.2 cm³/mol. The number of hydrogen-bond acceptors (Lipinski definition) is 3. The Kier molecular flexibility index (Phi) is 7.09. The Labute approximate surface area is 107 Å². The van der Waals surface area contributed by atoms with Gasteiger partial charge in [0.05, 0.1) is 0 Å². The minimum absolute atomic E-state index is 0.739. The van der Waals surface area contributed by atoms with Crippen molar-refractivity contribution in [1.29, 1.82) is 0 Å². The highest BCUT2D eigenvalue weighted by Gasteiger charge is 2.27. The Morgan fingerprint density at radius 3 is 2.41 bits per heavy atom. The third-order valence-corrected chi connectivity index (χ3v) is 4.10. The van der Waals surface area contributed by atoms with Crippen LogP contribution in [-0.2, 0) is 0 Å². The quantitative estimate of drug-likeness (QED) is 0.737. The van der Waals surface area contributed by atoms with Crippen molar-refractivity contribution in [2.24, 2.45) is 11.7 Å². The van der Waals surface area contributed by atoms with E-state index in [9.17, 15) is 0 Å². The van der Waals surface area contributed by atoms with Crippen LogP contribution in [0.5, 0.6) is 0 Å². The van der Waals surface area contributed by atoms with Crippen LogP contribution in [0.2, 0.25) is 0 Å². The molecule has 2 unspecified atom stereocenters. The number of rotatable bonds is 7. The van der Waals surface area contributed by atoms with Crippen LogP contribution in [0.4, 0.5) is 0 Å². The molecule has 3 heteroatoms. The molecule has 102 valence electrons. The lowest BCUT2D eigenvalue weighted by atomic mass is 9.83. The summed E-state index contributed by atoms with van der Waals surface area (Å²) in [6.07, 6.45) is 6.75. The normalized spacial score (nSPS) is 25.8. The van der Waals surface area contributed by atoms with Gasteiger partial charge in [-0.05, 0) is 65.5 Å². The molecule has 2 atom stereocenters. The van der Waals surface area contributed by atoms with Gasteiger partial charge in [-0.1, -0.05) is 19.8 Å². The Morgan fingerprint density at radius 2 is 1.82 bits per heavy atom. The fourth-order valence-electron chi connectivity index (χ4n) is 3.09. The Hall–Kier alpha value is -0.120. The molecule has 0 aromatic rings. The number of hydrogen-bond donors (Lipinski definition) is 1. The minimum Gasteiger partial charge on any atom is -0.330 e. The molecule has 17 heavy (non-hydrogen) atoms. The van der Waals surface area contributed by atoms with Gasteiger partial charge in [-0.2, -0.15) is 0 Å². The first-order valence-electron chi connectivity index (χ1n) is 7.27. The van der Waals surface area contributed by atoms with Crippen LogP contribution < -0.4 is 5.73 Å². The molecule has 3 nitrogen and oxygen atoms in total. The van der Waals surface area contributed by atoms with Crippen molar-refractivity contribution in [1.82, 2.24) is 9.80 Å². The molecule has 1 saturated carbocycles. The molecule has 0 heterocycles. The molecule has 0 spiro atoms. The summed E-state index contributed by atoms with van der Waals surface area (Å²) in [5, 5.41) is 0. The van der Waals surface area contributed by atoms with Crippen LogP contribution in [-0.4, -0.2) is 56.1 Å². The van der Waals surface area contributed by atoms with Crippen molar-refractivity contribution >= 4 is 0 Å². The van der Waals surface area contributed by atoms with Crippen molar-refractivity contribution in [2.75, 3.05) is 40.3 Å². The fourth-order valence-corrected chi connectivity index (χ4v) is 3.09. The van der Waals surface area contributed by atoms with Crippen LogP contribution in [0.25, 0.3) is 0 Å². The van der Waals surface area contributed by atoms with E-state index in [1.165, 1.54) is 51.7 Å². The second kappa shape index (κ2) is 8.06. The van der Waals surface area contributed by atoms with Gasteiger partial charge in [0.15, 0.2) is 0 Å². The molecule has 0 saturated heterocycles. The highest BCUT2D eigenvalue weighted by molar-refractivity contribution is 4.83. The molecular formula is C14H31N3. The summed E-state index contributed by atoms with van der Waals surface area (Å²) in [4.78, 5) is 4.94. The second-order valence-electron chi connectivity index (χ2n) is 5.63. The lowest BCUT2D eigenvalue weighted by Crippen LogP contribution is -2.45. The largest absolute Gasteiger partial charge is 0.330 e. The van der Waals surface area contributed by atoms with Crippen LogP contribution in [0.3, 0.4) is 0 Å². The van der Waals surface area contributed by atoms with E-state index in [-0.39, 0.29) is 0 Å². The van der Waals surface area contributed by atoms with Gasteiger partial charge >= 0.3 is 0 Å². The van der Waals surface area contributed by atoms with Gasteiger partial charge in [0.2, 0.25) is 0 Å². The van der Waals surface area contributed by atoms with E-state index in [0.29, 0.717) is 0 Å². The molecule has 1 aliphatic carbocycles. The average molecular weight is 241 g/mol. The van der Waals surface area contributed by atoms with Crippen molar-refractivity contribution in [3.8, 4) is 0 Å². The van der Waals surface area contributed by atoms with Gasteiger partial charge in [0.1, 0.15) is 0 Å². The lowest BCUT2D eigenvalue weighted by molar-refractivity contribution is 0.108. The average Bonchev–Trinajstić information content (AvgIpc) is 2.34. The Balaban J connectivity index is 2.40. The van der Waals surface area contributed by atoms with E-state index in [2.05, 4.69) is 30.8 Å². The molecule has 1 fully saturated rings. The summed E-state index contributed by atoms with van der Waals surface area (Å²) in [7, 11) is 4.30. The zero-order valence-corrected chi connectivity index (χ0v) is 12.0. The monoisotopic (exact) mass is 241 g/mol. The standard InChI is InChI=1S/C14H31N3/c1-4-17(11-7-10-16(2)3)14-9-6-5-8-13(14)12-15/h13-14H,4-12,15H2,1-3H3. The Bertz CT molecular complexity index is 194. The summed E-state index contributed by atoms with van der Waals surface area (Å²) in [6, 6.07) is 0.751. The van der Waals surface area contributed by atoms with E-state index in [1.54, 1.807) is 0 Å². The highest BCUT2D eigenvalue weighted by atomic mass is 15.2. The zero-order valence-electron chi connectivity index (χ0n) is 12.0. The number of nitrogens with two attached hydrogens (primary N) is 1.